The summed E-state index contributed by atoms with van der Waals surface area (Å²) in [4.78, 5) is 0. The summed E-state index contributed by atoms with van der Waals surface area (Å²) in [6.07, 6.45) is 2.17. The van der Waals surface area contributed by atoms with E-state index >= 15 is 0 Å². The molecule has 0 saturated carbocycles. The van der Waals surface area contributed by atoms with E-state index in [4.69, 9.17) is 4.74 Å². The number of benzene rings is 1. The molecule has 0 saturated heterocycles. The Bertz CT molecular complexity index is 352. The van der Waals surface area contributed by atoms with Crippen LogP contribution in [-0.2, 0) is 6.42 Å². The van der Waals surface area contributed by atoms with Gasteiger partial charge in [0.15, 0.2) is 0 Å². The van der Waals surface area contributed by atoms with E-state index < -0.39 is 0 Å². The highest BCUT2D eigenvalue weighted by Crippen LogP contribution is 2.25. The lowest BCUT2D eigenvalue weighted by molar-refractivity contribution is 0.397. The Hall–Kier alpha value is -0.540. The molecule has 0 aliphatic heterocycles. The Kier molecular flexibility index (Phi) is 6.00. The lowest BCUT2D eigenvalue weighted by Crippen LogP contribution is -2.29. The van der Waals surface area contributed by atoms with Gasteiger partial charge in [-0.25, -0.2) is 0 Å². The molecule has 96 valence electrons. The zero-order valence-electron chi connectivity index (χ0n) is 11.1. The smallest absolute Gasteiger partial charge is 0.122 e. The third-order valence-corrected chi connectivity index (χ3v) is 3.37. The van der Waals surface area contributed by atoms with Gasteiger partial charge < -0.3 is 10.1 Å². The largest absolute Gasteiger partial charge is 0.496 e. The summed E-state index contributed by atoms with van der Waals surface area (Å²) >= 11 is 3.51. The van der Waals surface area contributed by atoms with Crippen molar-refractivity contribution in [2.75, 3.05) is 14.2 Å². The summed E-state index contributed by atoms with van der Waals surface area (Å²) in [6.45, 7) is 4.50. The lowest BCUT2D eigenvalue weighted by atomic mass is 9.97. The van der Waals surface area contributed by atoms with Crippen LogP contribution in [0.15, 0.2) is 22.7 Å². The molecule has 0 bridgehead atoms. The van der Waals surface area contributed by atoms with Crippen LogP contribution < -0.4 is 10.1 Å². The molecule has 0 radical (unpaired) electrons. The number of likely N-dealkylation sites (N-methyl/N-ethyl adjacent to an activating group) is 1. The average Bonchev–Trinajstić information content (AvgIpc) is 2.28. The minimum atomic E-state index is 0.498. The van der Waals surface area contributed by atoms with E-state index in [9.17, 15) is 0 Å². The van der Waals surface area contributed by atoms with Crippen molar-refractivity contribution in [1.29, 1.82) is 0 Å². The number of rotatable bonds is 6. The summed E-state index contributed by atoms with van der Waals surface area (Å²) < 4.78 is 6.51. The van der Waals surface area contributed by atoms with Crippen LogP contribution in [0, 0.1) is 5.92 Å². The number of halogens is 1. The zero-order valence-corrected chi connectivity index (χ0v) is 12.7. The van der Waals surface area contributed by atoms with Crippen LogP contribution in [0.4, 0.5) is 0 Å². The molecule has 0 spiro atoms. The Balaban J connectivity index is 2.80. The predicted molar refractivity (Wildman–Crippen MR) is 76.7 cm³/mol. The van der Waals surface area contributed by atoms with Crippen molar-refractivity contribution in [2.45, 2.75) is 32.7 Å². The van der Waals surface area contributed by atoms with E-state index in [-0.39, 0.29) is 0 Å². The standard InChI is InChI=1S/C14H22BrNO/c1-10(2)7-13(16-3)9-11-8-12(15)5-6-14(11)17-4/h5-6,8,10,13,16H,7,9H2,1-4H3. The second-order valence-corrected chi connectivity index (χ2v) is 5.69. The van der Waals surface area contributed by atoms with Crippen LogP contribution in [0.5, 0.6) is 5.75 Å². The fourth-order valence-corrected chi connectivity index (χ4v) is 2.45. The molecule has 1 atom stereocenters. The maximum Gasteiger partial charge on any atom is 0.122 e. The molecule has 1 unspecified atom stereocenters. The van der Waals surface area contributed by atoms with E-state index in [1.807, 2.05) is 19.2 Å². The minimum absolute atomic E-state index is 0.498. The molecule has 1 rings (SSSR count). The normalized spacial score (nSPS) is 12.8. The molecular weight excluding hydrogens is 278 g/mol. The maximum absolute atomic E-state index is 5.40. The second-order valence-electron chi connectivity index (χ2n) is 4.78. The second kappa shape index (κ2) is 7.02. The molecule has 17 heavy (non-hydrogen) atoms. The number of hydrogen-bond donors (Lipinski definition) is 1. The van der Waals surface area contributed by atoms with Gasteiger partial charge in [-0.05, 0) is 49.6 Å². The van der Waals surface area contributed by atoms with Gasteiger partial charge in [-0.3, -0.25) is 0 Å². The highest BCUT2D eigenvalue weighted by Gasteiger charge is 2.12. The molecule has 0 amide bonds. The molecular formula is C14H22BrNO. The molecule has 3 heteroatoms. The number of hydrogen-bond acceptors (Lipinski definition) is 2. The first-order chi connectivity index (χ1) is 8.06. The van der Waals surface area contributed by atoms with Gasteiger partial charge in [-0.2, -0.15) is 0 Å². The van der Waals surface area contributed by atoms with Gasteiger partial charge in [0.1, 0.15) is 5.75 Å². The van der Waals surface area contributed by atoms with E-state index in [1.54, 1.807) is 7.11 Å². The van der Waals surface area contributed by atoms with Crippen LogP contribution in [0.2, 0.25) is 0 Å². The summed E-state index contributed by atoms with van der Waals surface area (Å²) in [5.41, 5.74) is 1.25. The van der Waals surface area contributed by atoms with Gasteiger partial charge in [-0.15, -0.1) is 0 Å². The van der Waals surface area contributed by atoms with Crippen LogP contribution in [0.3, 0.4) is 0 Å². The monoisotopic (exact) mass is 299 g/mol. The molecule has 1 N–H and O–H groups in total. The Morgan fingerprint density at radius 3 is 2.59 bits per heavy atom. The SMILES string of the molecule is CNC(Cc1cc(Br)ccc1OC)CC(C)C. The first-order valence-corrected chi connectivity index (χ1v) is 6.85. The number of nitrogens with one attached hydrogen (secondary N) is 1. The van der Waals surface area contributed by atoms with Crippen LogP contribution in [0.25, 0.3) is 0 Å². The summed E-state index contributed by atoms with van der Waals surface area (Å²) in [6, 6.07) is 6.67. The van der Waals surface area contributed by atoms with Crippen molar-refractivity contribution in [3.05, 3.63) is 28.2 Å². The van der Waals surface area contributed by atoms with Gasteiger partial charge in [0.05, 0.1) is 7.11 Å². The molecule has 0 aliphatic rings. The number of ether oxygens (including phenoxy) is 1. The van der Waals surface area contributed by atoms with Crippen LogP contribution in [-0.4, -0.2) is 20.2 Å². The molecule has 0 aliphatic carbocycles. The Labute approximate surface area is 113 Å². The van der Waals surface area contributed by atoms with E-state index in [2.05, 4.69) is 41.2 Å². The molecule has 0 aromatic heterocycles. The predicted octanol–water partition coefficient (Wildman–Crippen LogP) is 3.63. The van der Waals surface area contributed by atoms with Crippen LogP contribution in [0.1, 0.15) is 25.8 Å². The first kappa shape index (κ1) is 14.5. The Morgan fingerprint density at radius 1 is 1.35 bits per heavy atom. The fourth-order valence-electron chi connectivity index (χ4n) is 2.04. The highest BCUT2D eigenvalue weighted by molar-refractivity contribution is 9.10. The topological polar surface area (TPSA) is 21.3 Å². The van der Waals surface area contributed by atoms with Crippen LogP contribution >= 0.6 is 15.9 Å². The molecule has 0 heterocycles. The van der Waals surface area contributed by atoms with Crippen molar-refractivity contribution in [3.63, 3.8) is 0 Å². The van der Waals surface area contributed by atoms with Crippen molar-refractivity contribution < 1.29 is 4.74 Å². The highest BCUT2D eigenvalue weighted by atomic mass is 79.9. The van der Waals surface area contributed by atoms with Gasteiger partial charge in [0.2, 0.25) is 0 Å². The molecule has 2 nitrogen and oxygen atoms in total. The van der Waals surface area contributed by atoms with Gasteiger partial charge in [0, 0.05) is 10.5 Å². The molecule has 0 fully saturated rings. The summed E-state index contributed by atoms with van der Waals surface area (Å²) in [7, 11) is 3.75. The molecule has 1 aromatic carbocycles. The fraction of sp³-hybridized carbons (Fsp3) is 0.571. The van der Waals surface area contributed by atoms with E-state index in [0.717, 1.165) is 16.6 Å². The van der Waals surface area contributed by atoms with Gasteiger partial charge >= 0.3 is 0 Å². The van der Waals surface area contributed by atoms with E-state index in [0.29, 0.717) is 12.0 Å². The first-order valence-electron chi connectivity index (χ1n) is 6.06. The quantitative estimate of drug-likeness (QED) is 0.866. The van der Waals surface area contributed by atoms with E-state index in [1.165, 1.54) is 12.0 Å². The molecule has 1 aromatic rings. The van der Waals surface area contributed by atoms with Crippen molar-refractivity contribution in [1.82, 2.24) is 5.32 Å². The zero-order chi connectivity index (χ0) is 12.8. The lowest BCUT2D eigenvalue weighted by Gasteiger charge is -2.19. The minimum Gasteiger partial charge on any atom is -0.496 e. The maximum atomic E-state index is 5.40. The van der Waals surface area contributed by atoms with Gasteiger partial charge in [0.25, 0.3) is 0 Å². The third-order valence-electron chi connectivity index (χ3n) is 2.87. The van der Waals surface area contributed by atoms with Crippen molar-refractivity contribution in [3.8, 4) is 5.75 Å². The van der Waals surface area contributed by atoms with Gasteiger partial charge in [-0.1, -0.05) is 29.8 Å². The van der Waals surface area contributed by atoms with Crippen molar-refractivity contribution in [2.24, 2.45) is 5.92 Å². The summed E-state index contributed by atoms with van der Waals surface area (Å²) in [5.74, 6) is 1.67. The number of methoxy groups -OCH3 is 1. The van der Waals surface area contributed by atoms with Crippen molar-refractivity contribution >= 4 is 15.9 Å². The average molecular weight is 300 g/mol. The summed E-state index contributed by atoms with van der Waals surface area (Å²) in [5, 5.41) is 3.38. The Morgan fingerprint density at radius 2 is 2.06 bits per heavy atom. The third kappa shape index (κ3) is 4.68.